The summed E-state index contributed by atoms with van der Waals surface area (Å²) in [7, 11) is 0. The van der Waals surface area contributed by atoms with Crippen LogP contribution in [0.25, 0.3) is 0 Å². The van der Waals surface area contributed by atoms with E-state index in [4.69, 9.17) is 0 Å². The molecule has 2 heteroatoms. The minimum atomic E-state index is 0.511. The zero-order valence-electron chi connectivity index (χ0n) is 11.7. The third-order valence-electron chi connectivity index (χ3n) is 4.44. The molecule has 0 radical (unpaired) electrons. The molecule has 2 aliphatic heterocycles. The Hall–Kier alpha value is -1.30. The largest absolute Gasteiger partial charge is 0.297 e. The van der Waals surface area contributed by atoms with Crippen molar-refractivity contribution >= 4 is 0 Å². The molecule has 3 rings (SSSR count). The van der Waals surface area contributed by atoms with Crippen molar-refractivity contribution in [1.82, 2.24) is 9.80 Å². The molecule has 2 fully saturated rings. The van der Waals surface area contributed by atoms with Gasteiger partial charge in [-0.2, -0.15) is 0 Å². The predicted octanol–water partition coefficient (Wildman–Crippen LogP) is 2.53. The predicted molar refractivity (Wildman–Crippen MR) is 78.8 cm³/mol. The van der Waals surface area contributed by atoms with Gasteiger partial charge in [-0.1, -0.05) is 36.3 Å². The average Bonchev–Trinajstić information content (AvgIpc) is 2.92. The lowest BCUT2D eigenvalue weighted by molar-refractivity contribution is 0.0608. The molecule has 0 aliphatic carbocycles. The van der Waals surface area contributed by atoms with Crippen molar-refractivity contribution in [2.24, 2.45) is 0 Å². The number of rotatable bonds is 2. The fourth-order valence-electron chi connectivity index (χ4n) is 3.42. The molecule has 0 saturated carbocycles. The van der Waals surface area contributed by atoms with Gasteiger partial charge in [-0.15, -0.1) is 5.92 Å². The molecule has 0 amide bonds. The van der Waals surface area contributed by atoms with E-state index in [1.807, 2.05) is 6.92 Å². The smallest absolute Gasteiger partial charge is 0.0607 e. The lowest BCUT2D eigenvalue weighted by Crippen LogP contribution is -2.51. The van der Waals surface area contributed by atoms with E-state index in [1.54, 1.807) is 0 Å². The Labute approximate surface area is 116 Å². The number of nitrogens with zero attached hydrogens (tertiary/aromatic N) is 2. The molecule has 1 aromatic carbocycles. The Balaban J connectivity index is 1.82. The van der Waals surface area contributed by atoms with E-state index in [9.17, 15) is 0 Å². The van der Waals surface area contributed by atoms with Gasteiger partial charge in [0, 0.05) is 25.2 Å². The standard InChI is InChI=1S/C17H22N2/c1-2-3-11-19-13-16-10-7-12-18(16)14-17(19)15-8-5-4-6-9-15/h4-6,8-9,16-17H,7,10-14H2,1H3. The Kier molecular flexibility index (Phi) is 3.87. The molecule has 2 atom stereocenters. The highest BCUT2D eigenvalue weighted by molar-refractivity contribution is 5.21. The SMILES string of the molecule is CC#CCN1CC2CCCN2CC1c1ccccc1. The van der Waals surface area contributed by atoms with E-state index >= 15 is 0 Å². The highest BCUT2D eigenvalue weighted by atomic mass is 15.3. The minimum absolute atomic E-state index is 0.511. The van der Waals surface area contributed by atoms with Crippen molar-refractivity contribution in [3.8, 4) is 11.8 Å². The molecule has 19 heavy (non-hydrogen) atoms. The molecule has 100 valence electrons. The molecule has 2 aliphatic rings. The zero-order valence-corrected chi connectivity index (χ0v) is 11.7. The number of hydrogen-bond acceptors (Lipinski definition) is 2. The van der Waals surface area contributed by atoms with Crippen LogP contribution in [0.15, 0.2) is 30.3 Å². The number of fused-ring (bicyclic) bond motifs is 1. The highest BCUT2D eigenvalue weighted by Gasteiger charge is 2.36. The van der Waals surface area contributed by atoms with Gasteiger partial charge in [0.2, 0.25) is 0 Å². The van der Waals surface area contributed by atoms with Gasteiger partial charge in [-0.05, 0) is 31.9 Å². The van der Waals surface area contributed by atoms with Gasteiger partial charge in [0.1, 0.15) is 0 Å². The van der Waals surface area contributed by atoms with Crippen molar-refractivity contribution in [2.75, 3.05) is 26.2 Å². The molecule has 0 bridgehead atoms. The maximum Gasteiger partial charge on any atom is 0.0607 e. The average molecular weight is 254 g/mol. The minimum Gasteiger partial charge on any atom is -0.297 e. The highest BCUT2D eigenvalue weighted by Crippen LogP contribution is 2.31. The fraction of sp³-hybridized carbons (Fsp3) is 0.529. The second kappa shape index (κ2) is 5.77. The zero-order chi connectivity index (χ0) is 13.1. The van der Waals surface area contributed by atoms with Crippen LogP contribution in [0.4, 0.5) is 0 Å². The Morgan fingerprint density at radius 2 is 2.05 bits per heavy atom. The summed E-state index contributed by atoms with van der Waals surface area (Å²) in [4.78, 5) is 5.24. The molecule has 0 aromatic heterocycles. The molecule has 0 N–H and O–H groups in total. The maximum atomic E-state index is 3.26. The first-order chi connectivity index (χ1) is 9.38. The Morgan fingerprint density at radius 3 is 2.84 bits per heavy atom. The van der Waals surface area contributed by atoms with Crippen molar-refractivity contribution in [1.29, 1.82) is 0 Å². The van der Waals surface area contributed by atoms with Crippen LogP contribution in [0.3, 0.4) is 0 Å². The van der Waals surface area contributed by atoms with E-state index in [0.717, 1.165) is 12.6 Å². The summed E-state index contributed by atoms with van der Waals surface area (Å²) < 4.78 is 0. The van der Waals surface area contributed by atoms with Crippen LogP contribution in [0.2, 0.25) is 0 Å². The maximum absolute atomic E-state index is 3.26. The Morgan fingerprint density at radius 1 is 1.21 bits per heavy atom. The molecule has 2 saturated heterocycles. The second-order valence-corrected chi connectivity index (χ2v) is 5.57. The Bertz CT molecular complexity index is 471. The fourth-order valence-corrected chi connectivity index (χ4v) is 3.42. The molecule has 1 aromatic rings. The van der Waals surface area contributed by atoms with Crippen molar-refractivity contribution in [2.45, 2.75) is 31.8 Å². The first-order valence-electron chi connectivity index (χ1n) is 7.31. The third kappa shape index (κ3) is 2.68. The van der Waals surface area contributed by atoms with Gasteiger partial charge in [-0.25, -0.2) is 0 Å². The van der Waals surface area contributed by atoms with Gasteiger partial charge in [0.15, 0.2) is 0 Å². The van der Waals surface area contributed by atoms with Crippen molar-refractivity contribution in [3.05, 3.63) is 35.9 Å². The van der Waals surface area contributed by atoms with Gasteiger partial charge in [0.05, 0.1) is 6.54 Å². The molecular formula is C17H22N2. The van der Waals surface area contributed by atoms with Crippen LogP contribution in [0.1, 0.15) is 31.4 Å². The van der Waals surface area contributed by atoms with Crippen molar-refractivity contribution in [3.63, 3.8) is 0 Å². The van der Waals surface area contributed by atoms with Crippen LogP contribution >= 0.6 is 0 Å². The van der Waals surface area contributed by atoms with Gasteiger partial charge < -0.3 is 0 Å². The first-order valence-corrected chi connectivity index (χ1v) is 7.31. The van der Waals surface area contributed by atoms with Crippen molar-refractivity contribution < 1.29 is 0 Å². The first kappa shape index (κ1) is 12.7. The van der Waals surface area contributed by atoms with E-state index in [1.165, 1.54) is 38.0 Å². The molecular weight excluding hydrogens is 232 g/mol. The second-order valence-electron chi connectivity index (χ2n) is 5.57. The summed E-state index contributed by atoms with van der Waals surface area (Å²) in [6.07, 6.45) is 2.72. The molecule has 2 unspecified atom stereocenters. The van der Waals surface area contributed by atoms with E-state index < -0.39 is 0 Å². The number of hydrogen-bond donors (Lipinski definition) is 0. The lowest BCUT2D eigenvalue weighted by atomic mass is 10.00. The van der Waals surface area contributed by atoms with E-state index in [0.29, 0.717) is 6.04 Å². The topological polar surface area (TPSA) is 6.48 Å². The van der Waals surface area contributed by atoms with E-state index in [2.05, 4.69) is 52.0 Å². The number of benzene rings is 1. The lowest BCUT2D eigenvalue weighted by Gasteiger charge is -2.43. The van der Waals surface area contributed by atoms with Gasteiger partial charge in [0.25, 0.3) is 0 Å². The summed E-state index contributed by atoms with van der Waals surface area (Å²) >= 11 is 0. The summed E-state index contributed by atoms with van der Waals surface area (Å²) in [6, 6.07) is 12.2. The van der Waals surface area contributed by atoms with Crippen LogP contribution in [-0.4, -0.2) is 42.0 Å². The van der Waals surface area contributed by atoms with E-state index in [-0.39, 0.29) is 0 Å². The number of piperazine rings is 1. The van der Waals surface area contributed by atoms with Gasteiger partial charge >= 0.3 is 0 Å². The summed E-state index contributed by atoms with van der Waals surface area (Å²) in [5.74, 6) is 6.30. The van der Waals surface area contributed by atoms with Crippen LogP contribution < -0.4 is 0 Å². The summed E-state index contributed by atoms with van der Waals surface area (Å²) in [5, 5.41) is 0. The summed E-state index contributed by atoms with van der Waals surface area (Å²) in [6.45, 7) is 6.46. The van der Waals surface area contributed by atoms with Crippen LogP contribution in [0.5, 0.6) is 0 Å². The molecule has 2 heterocycles. The quantitative estimate of drug-likeness (QED) is 0.748. The third-order valence-corrected chi connectivity index (χ3v) is 4.44. The molecule has 2 nitrogen and oxygen atoms in total. The van der Waals surface area contributed by atoms with Crippen LogP contribution in [-0.2, 0) is 0 Å². The normalized spacial score (nSPS) is 27.6. The monoisotopic (exact) mass is 254 g/mol. The summed E-state index contributed by atoms with van der Waals surface area (Å²) in [5.41, 5.74) is 1.44. The van der Waals surface area contributed by atoms with Crippen LogP contribution in [0, 0.1) is 11.8 Å². The van der Waals surface area contributed by atoms with Gasteiger partial charge in [-0.3, -0.25) is 9.80 Å². The molecule has 0 spiro atoms.